The van der Waals surface area contributed by atoms with Gasteiger partial charge in [-0.1, -0.05) is 30.3 Å². The van der Waals surface area contributed by atoms with Gasteiger partial charge in [0.1, 0.15) is 0 Å². The first-order chi connectivity index (χ1) is 9.24. The van der Waals surface area contributed by atoms with E-state index in [4.69, 9.17) is 12.2 Å². The fraction of sp³-hybridized carbons (Fsp3) is 0.143. The van der Waals surface area contributed by atoms with Gasteiger partial charge in [-0.25, -0.2) is 5.01 Å². The second-order valence-corrected chi connectivity index (χ2v) is 4.55. The lowest BCUT2D eigenvalue weighted by Gasteiger charge is -2.20. The molecule has 0 unspecified atom stereocenters. The molecule has 1 aromatic carbocycles. The van der Waals surface area contributed by atoms with Crippen molar-refractivity contribution >= 4 is 23.0 Å². The number of aromatic nitrogens is 1. The van der Waals surface area contributed by atoms with E-state index in [-0.39, 0.29) is 0 Å². The van der Waals surface area contributed by atoms with Gasteiger partial charge in [0.15, 0.2) is 5.11 Å². The van der Waals surface area contributed by atoms with Gasteiger partial charge in [-0.05, 0) is 29.9 Å². The van der Waals surface area contributed by atoms with Gasteiger partial charge < -0.3 is 5.32 Å². The molecule has 0 saturated carbocycles. The number of pyridine rings is 1. The molecule has 2 N–H and O–H groups in total. The lowest BCUT2D eigenvalue weighted by atomic mass is 10.2. The molecule has 2 rings (SSSR count). The molecular weight excluding hydrogens is 256 g/mol. The Hall–Kier alpha value is -1.98. The molecule has 0 amide bonds. The van der Waals surface area contributed by atoms with Gasteiger partial charge in [0.25, 0.3) is 0 Å². The molecule has 0 aliphatic heterocycles. The van der Waals surface area contributed by atoms with E-state index in [1.54, 1.807) is 12.4 Å². The molecule has 0 bridgehead atoms. The average molecular weight is 272 g/mol. The molecule has 0 spiro atoms. The molecule has 1 heterocycles. The van der Waals surface area contributed by atoms with Crippen molar-refractivity contribution in [3.05, 3.63) is 60.4 Å². The topological polar surface area (TPSA) is 40.2 Å². The highest BCUT2D eigenvalue weighted by Gasteiger charge is 2.02. The Labute approximate surface area is 118 Å². The molecule has 0 aliphatic rings. The van der Waals surface area contributed by atoms with Crippen molar-refractivity contribution in [2.75, 3.05) is 12.4 Å². The van der Waals surface area contributed by atoms with Crippen LogP contribution in [0.1, 0.15) is 5.56 Å². The summed E-state index contributed by atoms with van der Waals surface area (Å²) in [5, 5.41) is 5.59. The van der Waals surface area contributed by atoms with Crippen LogP contribution in [-0.4, -0.2) is 22.2 Å². The molecule has 1 aromatic heterocycles. The fourth-order valence-corrected chi connectivity index (χ4v) is 1.94. The van der Waals surface area contributed by atoms with E-state index in [0.29, 0.717) is 5.11 Å². The number of nitrogens with zero attached hydrogens (tertiary/aromatic N) is 2. The van der Waals surface area contributed by atoms with Crippen molar-refractivity contribution in [3.8, 4) is 0 Å². The van der Waals surface area contributed by atoms with Crippen LogP contribution in [0.15, 0.2) is 54.9 Å². The summed E-state index contributed by atoms with van der Waals surface area (Å²) < 4.78 is 0. The van der Waals surface area contributed by atoms with Crippen LogP contribution >= 0.6 is 12.2 Å². The number of hydrogen-bond donors (Lipinski definition) is 2. The maximum Gasteiger partial charge on any atom is 0.185 e. The lowest BCUT2D eigenvalue weighted by Crippen LogP contribution is -2.41. The Kier molecular flexibility index (Phi) is 4.83. The summed E-state index contributed by atoms with van der Waals surface area (Å²) in [7, 11) is 1.95. The maximum absolute atomic E-state index is 5.24. The van der Waals surface area contributed by atoms with Gasteiger partial charge in [0.05, 0.1) is 0 Å². The van der Waals surface area contributed by atoms with Crippen LogP contribution in [0.4, 0.5) is 5.69 Å². The molecule has 19 heavy (non-hydrogen) atoms. The van der Waals surface area contributed by atoms with E-state index in [0.717, 1.165) is 12.2 Å². The average Bonchev–Trinajstić information content (AvgIpc) is 2.40. The van der Waals surface area contributed by atoms with E-state index in [2.05, 4.69) is 27.9 Å². The predicted molar refractivity (Wildman–Crippen MR) is 81.5 cm³/mol. The van der Waals surface area contributed by atoms with Crippen LogP contribution < -0.4 is 10.7 Å². The standard InChI is InChI=1S/C14H16N4S/c1-18(11-12-5-3-2-4-6-12)17-14(19)16-13-7-9-15-10-8-13/h2-10H,11H2,1H3,(H2,15,16,17,19). The van der Waals surface area contributed by atoms with E-state index in [1.165, 1.54) is 5.56 Å². The first-order valence-corrected chi connectivity index (χ1v) is 6.37. The highest BCUT2D eigenvalue weighted by atomic mass is 32.1. The first-order valence-electron chi connectivity index (χ1n) is 5.97. The van der Waals surface area contributed by atoms with Crippen molar-refractivity contribution in [1.82, 2.24) is 15.4 Å². The predicted octanol–water partition coefficient (Wildman–Crippen LogP) is 2.42. The largest absolute Gasteiger partial charge is 0.332 e. The number of hydrogen-bond acceptors (Lipinski definition) is 3. The van der Waals surface area contributed by atoms with Gasteiger partial charge >= 0.3 is 0 Å². The molecule has 4 nitrogen and oxygen atoms in total. The second-order valence-electron chi connectivity index (χ2n) is 4.14. The summed E-state index contributed by atoms with van der Waals surface area (Å²) in [4.78, 5) is 3.96. The maximum atomic E-state index is 5.24. The highest BCUT2D eigenvalue weighted by molar-refractivity contribution is 7.80. The third kappa shape index (κ3) is 4.65. The number of rotatable bonds is 4. The van der Waals surface area contributed by atoms with Gasteiger partial charge in [0, 0.05) is 31.7 Å². The zero-order valence-electron chi connectivity index (χ0n) is 10.7. The van der Waals surface area contributed by atoms with Crippen LogP contribution in [0.5, 0.6) is 0 Å². The molecule has 0 atom stereocenters. The van der Waals surface area contributed by atoms with Crippen LogP contribution in [0.2, 0.25) is 0 Å². The normalized spacial score (nSPS) is 10.2. The first kappa shape index (κ1) is 13.5. The Balaban J connectivity index is 1.82. The molecule has 98 valence electrons. The van der Waals surface area contributed by atoms with Crippen LogP contribution in [-0.2, 0) is 6.54 Å². The Morgan fingerprint density at radius 3 is 2.53 bits per heavy atom. The quantitative estimate of drug-likeness (QED) is 0.661. The summed E-state index contributed by atoms with van der Waals surface area (Å²) >= 11 is 5.24. The van der Waals surface area contributed by atoms with Gasteiger partial charge in [-0.3, -0.25) is 10.4 Å². The monoisotopic (exact) mass is 272 g/mol. The van der Waals surface area contributed by atoms with Crippen LogP contribution in [0, 0.1) is 0 Å². The summed E-state index contributed by atoms with van der Waals surface area (Å²) in [5.41, 5.74) is 5.25. The zero-order valence-corrected chi connectivity index (χ0v) is 11.5. The van der Waals surface area contributed by atoms with Crippen LogP contribution in [0.25, 0.3) is 0 Å². The Morgan fingerprint density at radius 2 is 1.84 bits per heavy atom. The lowest BCUT2D eigenvalue weighted by molar-refractivity contribution is 0.286. The van der Waals surface area contributed by atoms with Crippen molar-refractivity contribution in [2.45, 2.75) is 6.54 Å². The smallest absolute Gasteiger partial charge is 0.185 e. The van der Waals surface area contributed by atoms with Gasteiger partial charge in [-0.2, -0.15) is 0 Å². The zero-order chi connectivity index (χ0) is 13.5. The van der Waals surface area contributed by atoms with Crippen molar-refractivity contribution in [3.63, 3.8) is 0 Å². The van der Waals surface area contributed by atoms with E-state index >= 15 is 0 Å². The number of nitrogens with one attached hydrogen (secondary N) is 2. The number of hydrazine groups is 1. The minimum Gasteiger partial charge on any atom is -0.332 e. The molecule has 5 heteroatoms. The van der Waals surface area contributed by atoms with Crippen molar-refractivity contribution in [2.24, 2.45) is 0 Å². The number of benzene rings is 1. The van der Waals surface area contributed by atoms with Gasteiger partial charge in [-0.15, -0.1) is 0 Å². The molecule has 0 aliphatic carbocycles. The van der Waals surface area contributed by atoms with Crippen molar-refractivity contribution < 1.29 is 0 Å². The Bertz CT molecular complexity index is 515. The minimum absolute atomic E-state index is 0.560. The number of thiocarbonyl (C=S) groups is 1. The third-order valence-electron chi connectivity index (χ3n) is 2.49. The summed E-state index contributed by atoms with van der Waals surface area (Å²) in [6.45, 7) is 0.777. The molecule has 0 fully saturated rings. The van der Waals surface area contributed by atoms with E-state index in [9.17, 15) is 0 Å². The third-order valence-corrected chi connectivity index (χ3v) is 2.69. The minimum atomic E-state index is 0.560. The molecule has 2 aromatic rings. The summed E-state index contributed by atoms with van der Waals surface area (Å²) in [6, 6.07) is 13.9. The molecule has 0 saturated heterocycles. The molecular formula is C14H16N4S. The van der Waals surface area contributed by atoms with E-state index in [1.807, 2.05) is 42.4 Å². The van der Waals surface area contributed by atoms with E-state index < -0.39 is 0 Å². The Morgan fingerprint density at radius 1 is 1.16 bits per heavy atom. The summed E-state index contributed by atoms with van der Waals surface area (Å²) in [5.74, 6) is 0. The second kappa shape index (κ2) is 6.82. The molecule has 0 radical (unpaired) electrons. The SMILES string of the molecule is CN(Cc1ccccc1)NC(=S)Nc1ccncc1. The van der Waals surface area contributed by atoms with Gasteiger partial charge in [0.2, 0.25) is 0 Å². The summed E-state index contributed by atoms with van der Waals surface area (Å²) in [6.07, 6.45) is 3.44. The fourth-order valence-electron chi connectivity index (χ4n) is 1.66. The van der Waals surface area contributed by atoms with Crippen molar-refractivity contribution in [1.29, 1.82) is 0 Å². The number of anilines is 1. The van der Waals surface area contributed by atoms with Crippen LogP contribution in [0.3, 0.4) is 0 Å². The highest BCUT2D eigenvalue weighted by Crippen LogP contribution is 2.04.